The van der Waals surface area contributed by atoms with E-state index in [0.29, 0.717) is 0 Å². The maximum absolute atomic E-state index is 5.32. The Labute approximate surface area is 44.0 Å². The molecule has 0 atom stereocenters. The van der Waals surface area contributed by atoms with E-state index in [0.717, 1.165) is 5.84 Å². The lowest BCUT2D eigenvalue weighted by molar-refractivity contribution is -0.423. The molecule has 7 heavy (non-hydrogen) atoms. The van der Waals surface area contributed by atoms with Crippen LogP contribution in [0.5, 0.6) is 0 Å². The van der Waals surface area contributed by atoms with Crippen molar-refractivity contribution in [1.82, 2.24) is 0 Å². The fourth-order valence-corrected chi connectivity index (χ4v) is 0.144. The first-order valence-electron chi connectivity index (χ1n) is 2.13. The van der Waals surface area contributed by atoms with E-state index in [2.05, 4.69) is 6.58 Å². The standard InChI is InChI=1S/C5H10N2/c1-4-7(3)5(2)6/h4,6H,1H2,2-3H3/p+1. The zero-order valence-corrected chi connectivity index (χ0v) is 4.81. The van der Waals surface area contributed by atoms with Crippen LogP contribution >= 0.6 is 0 Å². The molecule has 0 unspecified atom stereocenters. The van der Waals surface area contributed by atoms with Gasteiger partial charge in [-0.1, -0.05) is 6.58 Å². The van der Waals surface area contributed by atoms with Crippen molar-refractivity contribution in [2.24, 2.45) is 5.73 Å². The summed E-state index contributed by atoms with van der Waals surface area (Å²) in [5.41, 5.74) is 5.32. The summed E-state index contributed by atoms with van der Waals surface area (Å²) >= 11 is 0. The smallest absolute Gasteiger partial charge is 0.243 e. The third-order valence-electron chi connectivity index (χ3n) is 0.830. The Hall–Kier alpha value is -0.790. The van der Waals surface area contributed by atoms with E-state index in [-0.39, 0.29) is 0 Å². The van der Waals surface area contributed by atoms with Gasteiger partial charge >= 0.3 is 0 Å². The summed E-state index contributed by atoms with van der Waals surface area (Å²) in [5.74, 6) is 0.759. The molecule has 2 heteroatoms. The number of amidine groups is 1. The molecule has 0 saturated carbocycles. The van der Waals surface area contributed by atoms with Crippen molar-refractivity contribution in [3.8, 4) is 0 Å². The van der Waals surface area contributed by atoms with Gasteiger partial charge in [-0.2, -0.15) is 0 Å². The quantitative estimate of drug-likeness (QED) is 0.283. The van der Waals surface area contributed by atoms with Crippen LogP contribution in [0.25, 0.3) is 0 Å². The monoisotopic (exact) mass is 99.1 g/mol. The van der Waals surface area contributed by atoms with Crippen LogP contribution in [-0.2, 0) is 0 Å². The molecular formula is C5H11N2+. The van der Waals surface area contributed by atoms with E-state index in [1.807, 2.05) is 14.0 Å². The molecule has 0 aromatic rings. The minimum atomic E-state index is 0.759. The van der Waals surface area contributed by atoms with Crippen molar-refractivity contribution < 1.29 is 4.58 Å². The summed E-state index contributed by atoms with van der Waals surface area (Å²) in [5, 5.41) is 0. The molecule has 2 N–H and O–H groups in total. The van der Waals surface area contributed by atoms with Gasteiger partial charge in [0, 0.05) is 6.92 Å². The maximum atomic E-state index is 5.32. The van der Waals surface area contributed by atoms with Gasteiger partial charge in [-0.3, -0.25) is 5.73 Å². The van der Waals surface area contributed by atoms with Gasteiger partial charge in [-0.05, 0) is 0 Å². The molecule has 0 rings (SSSR count). The molecule has 0 aromatic carbocycles. The summed E-state index contributed by atoms with van der Waals surface area (Å²) in [6.07, 6.45) is 1.66. The molecule has 0 aliphatic rings. The van der Waals surface area contributed by atoms with Crippen LogP contribution in [0.2, 0.25) is 0 Å². The predicted octanol–water partition coefficient (Wildman–Crippen LogP) is 0.149. The van der Waals surface area contributed by atoms with Crippen molar-refractivity contribution in [3.63, 3.8) is 0 Å². The van der Waals surface area contributed by atoms with E-state index in [1.165, 1.54) is 0 Å². The Morgan fingerprint density at radius 1 is 1.86 bits per heavy atom. The van der Waals surface area contributed by atoms with E-state index in [9.17, 15) is 0 Å². The van der Waals surface area contributed by atoms with Crippen LogP contribution in [0, 0.1) is 0 Å². The number of nitrogens with zero attached hydrogens (tertiary/aromatic N) is 1. The van der Waals surface area contributed by atoms with Crippen LogP contribution in [0.3, 0.4) is 0 Å². The average molecular weight is 99.2 g/mol. The van der Waals surface area contributed by atoms with Crippen LogP contribution < -0.4 is 5.73 Å². The first-order chi connectivity index (χ1) is 3.18. The highest BCUT2D eigenvalue weighted by Gasteiger charge is 1.85. The summed E-state index contributed by atoms with van der Waals surface area (Å²) in [4.78, 5) is 0. The first kappa shape index (κ1) is 6.21. The van der Waals surface area contributed by atoms with Crippen LogP contribution in [0.1, 0.15) is 6.92 Å². The Bertz CT molecular complexity index is 98.6. The second-order valence-corrected chi connectivity index (χ2v) is 1.43. The minimum absolute atomic E-state index is 0.759. The summed E-state index contributed by atoms with van der Waals surface area (Å²) < 4.78 is 1.75. The molecule has 0 amide bonds. The third-order valence-corrected chi connectivity index (χ3v) is 0.830. The molecule has 0 aromatic heterocycles. The maximum Gasteiger partial charge on any atom is 0.243 e. The van der Waals surface area contributed by atoms with Crippen LogP contribution in [0.4, 0.5) is 0 Å². The lowest BCUT2D eigenvalue weighted by atomic mass is 10.7. The number of hydrogen-bond donors (Lipinski definition) is 1. The van der Waals surface area contributed by atoms with Gasteiger partial charge in [0.2, 0.25) is 5.84 Å². The van der Waals surface area contributed by atoms with Gasteiger partial charge in [0.25, 0.3) is 0 Å². The molecule has 0 radical (unpaired) electrons. The van der Waals surface area contributed by atoms with Crippen molar-refractivity contribution in [1.29, 1.82) is 0 Å². The summed E-state index contributed by atoms with van der Waals surface area (Å²) in [6.45, 7) is 5.33. The molecule has 40 valence electrons. The Morgan fingerprint density at radius 2 is 2.29 bits per heavy atom. The van der Waals surface area contributed by atoms with Crippen molar-refractivity contribution in [2.45, 2.75) is 6.92 Å². The number of nitrogens with two attached hydrogens (primary N) is 1. The van der Waals surface area contributed by atoms with Gasteiger partial charge in [-0.25, -0.2) is 4.58 Å². The zero-order valence-electron chi connectivity index (χ0n) is 4.81. The van der Waals surface area contributed by atoms with E-state index in [1.54, 1.807) is 10.8 Å². The lowest BCUT2D eigenvalue weighted by Crippen LogP contribution is -2.17. The van der Waals surface area contributed by atoms with Crippen molar-refractivity contribution in [2.75, 3.05) is 7.05 Å². The van der Waals surface area contributed by atoms with E-state index >= 15 is 0 Å². The van der Waals surface area contributed by atoms with Crippen molar-refractivity contribution >= 4 is 5.84 Å². The highest BCUT2D eigenvalue weighted by molar-refractivity contribution is 5.72. The molecule has 0 fully saturated rings. The van der Waals surface area contributed by atoms with Crippen LogP contribution in [0.15, 0.2) is 12.8 Å². The number of rotatable bonds is 1. The second kappa shape index (κ2) is 2.39. The van der Waals surface area contributed by atoms with Crippen molar-refractivity contribution in [3.05, 3.63) is 12.8 Å². The molecule has 0 heterocycles. The molecule has 2 nitrogen and oxygen atoms in total. The Balaban J connectivity index is 3.98. The van der Waals surface area contributed by atoms with Gasteiger partial charge in [-0.15, -0.1) is 0 Å². The highest BCUT2D eigenvalue weighted by Crippen LogP contribution is 1.65. The van der Waals surface area contributed by atoms with E-state index in [4.69, 9.17) is 5.73 Å². The van der Waals surface area contributed by atoms with Gasteiger partial charge in [0.1, 0.15) is 0 Å². The third kappa shape index (κ3) is 1.98. The zero-order chi connectivity index (χ0) is 5.86. The van der Waals surface area contributed by atoms with Gasteiger partial charge < -0.3 is 0 Å². The molecule has 0 saturated heterocycles. The molecule has 0 aliphatic carbocycles. The average Bonchev–Trinajstić information content (AvgIpc) is 1.65. The number of hydrogen-bond acceptors (Lipinski definition) is 0. The summed E-state index contributed by atoms with van der Waals surface area (Å²) in [6, 6.07) is 0. The topological polar surface area (TPSA) is 29.0 Å². The molecule has 0 spiro atoms. The Morgan fingerprint density at radius 3 is 2.29 bits per heavy atom. The van der Waals surface area contributed by atoms with Crippen LogP contribution in [-0.4, -0.2) is 17.5 Å². The normalized spacial score (nSPS) is 12.9. The lowest BCUT2D eigenvalue weighted by Gasteiger charge is -1.87. The molecule has 0 aliphatic heterocycles. The first-order valence-corrected chi connectivity index (χ1v) is 2.13. The van der Waals surface area contributed by atoms with E-state index < -0.39 is 0 Å². The second-order valence-electron chi connectivity index (χ2n) is 1.43. The minimum Gasteiger partial charge on any atom is -0.291 e. The summed E-state index contributed by atoms with van der Waals surface area (Å²) in [7, 11) is 1.85. The SMILES string of the molecule is C=C[N+](C)=C(C)N. The largest absolute Gasteiger partial charge is 0.291 e. The molecular weight excluding hydrogens is 88.1 g/mol. The highest BCUT2D eigenvalue weighted by atomic mass is 15.0. The predicted molar refractivity (Wildman–Crippen MR) is 31.2 cm³/mol. The van der Waals surface area contributed by atoms with Gasteiger partial charge in [0.05, 0.1) is 13.2 Å². The Kier molecular flexibility index (Phi) is 2.12. The van der Waals surface area contributed by atoms with Gasteiger partial charge in [0.15, 0.2) is 0 Å². The fourth-order valence-electron chi connectivity index (χ4n) is 0.144. The molecule has 0 bridgehead atoms. The fraction of sp³-hybridized carbons (Fsp3) is 0.400.